The van der Waals surface area contributed by atoms with E-state index in [1.54, 1.807) is 12.4 Å². The molecule has 88 valence electrons. The van der Waals surface area contributed by atoms with E-state index in [0.717, 1.165) is 12.8 Å². The van der Waals surface area contributed by atoms with Crippen LogP contribution in [0, 0.1) is 0 Å². The molecule has 0 unspecified atom stereocenters. The lowest BCUT2D eigenvalue weighted by Gasteiger charge is -2.04. The second-order valence-electron chi connectivity index (χ2n) is 3.56. The number of aromatic nitrogens is 3. The molecule has 5 nitrogen and oxygen atoms in total. The third-order valence-corrected chi connectivity index (χ3v) is 2.26. The SMILES string of the molecule is O=c1cc(OCCCc2ccncc2)nc[nH]1. The van der Waals surface area contributed by atoms with Crippen LogP contribution in [-0.4, -0.2) is 21.6 Å². The maximum atomic E-state index is 11.0. The fourth-order valence-electron chi connectivity index (χ4n) is 1.43. The monoisotopic (exact) mass is 231 g/mol. The number of H-pyrrole nitrogens is 1. The van der Waals surface area contributed by atoms with Gasteiger partial charge in [0.25, 0.3) is 5.56 Å². The summed E-state index contributed by atoms with van der Waals surface area (Å²) in [5.41, 5.74) is 1.02. The molecule has 0 saturated carbocycles. The van der Waals surface area contributed by atoms with Crippen molar-refractivity contribution in [2.24, 2.45) is 0 Å². The molecule has 0 saturated heterocycles. The van der Waals surface area contributed by atoms with E-state index in [4.69, 9.17) is 4.74 Å². The lowest BCUT2D eigenvalue weighted by molar-refractivity contribution is 0.298. The van der Waals surface area contributed by atoms with Crippen molar-refractivity contribution >= 4 is 0 Å². The first-order valence-electron chi connectivity index (χ1n) is 5.41. The van der Waals surface area contributed by atoms with Crippen LogP contribution in [0.25, 0.3) is 0 Å². The van der Waals surface area contributed by atoms with Crippen molar-refractivity contribution in [1.29, 1.82) is 0 Å². The van der Waals surface area contributed by atoms with E-state index in [-0.39, 0.29) is 5.56 Å². The minimum atomic E-state index is -0.205. The molecule has 0 bridgehead atoms. The Hall–Kier alpha value is -2.17. The van der Waals surface area contributed by atoms with E-state index >= 15 is 0 Å². The third kappa shape index (κ3) is 3.71. The average molecular weight is 231 g/mol. The van der Waals surface area contributed by atoms with Gasteiger partial charge in [0.1, 0.15) is 0 Å². The molecule has 0 amide bonds. The molecule has 0 atom stereocenters. The number of aromatic amines is 1. The smallest absolute Gasteiger partial charge is 0.254 e. The standard InChI is InChI=1S/C12H13N3O2/c16-11-8-12(15-9-14-11)17-7-1-2-10-3-5-13-6-4-10/h3-6,8-9H,1-2,7H2,(H,14,15,16). The number of pyridine rings is 1. The van der Waals surface area contributed by atoms with Crippen LogP contribution < -0.4 is 10.3 Å². The summed E-state index contributed by atoms with van der Waals surface area (Å²) in [6, 6.07) is 5.30. The van der Waals surface area contributed by atoms with E-state index in [0.29, 0.717) is 12.5 Å². The molecule has 0 spiro atoms. The van der Waals surface area contributed by atoms with Gasteiger partial charge in [0.05, 0.1) is 19.0 Å². The van der Waals surface area contributed by atoms with Crippen LogP contribution in [0.5, 0.6) is 5.88 Å². The topological polar surface area (TPSA) is 67.9 Å². The quantitative estimate of drug-likeness (QED) is 0.784. The van der Waals surface area contributed by atoms with Crippen molar-refractivity contribution in [3.8, 4) is 5.88 Å². The van der Waals surface area contributed by atoms with Gasteiger partial charge in [-0.15, -0.1) is 0 Å². The Morgan fingerprint density at radius 3 is 2.88 bits per heavy atom. The van der Waals surface area contributed by atoms with Gasteiger partial charge in [-0.25, -0.2) is 4.98 Å². The minimum Gasteiger partial charge on any atom is -0.477 e. The fraction of sp³-hybridized carbons (Fsp3) is 0.250. The molecule has 0 aromatic carbocycles. The summed E-state index contributed by atoms with van der Waals surface area (Å²) in [7, 11) is 0. The van der Waals surface area contributed by atoms with Gasteiger partial charge >= 0.3 is 0 Å². The van der Waals surface area contributed by atoms with Crippen molar-refractivity contribution in [2.45, 2.75) is 12.8 Å². The summed E-state index contributed by atoms with van der Waals surface area (Å²) in [5.74, 6) is 0.364. The summed E-state index contributed by atoms with van der Waals surface area (Å²) < 4.78 is 5.36. The van der Waals surface area contributed by atoms with Gasteiger partial charge < -0.3 is 9.72 Å². The number of hydrogen-bond acceptors (Lipinski definition) is 4. The Kier molecular flexibility index (Phi) is 3.85. The molecule has 0 radical (unpaired) electrons. The molecule has 0 aliphatic rings. The number of nitrogens with zero attached hydrogens (tertiary/aromatic N) is 2. The highest BCUT2D eigenvalue weighted by atomic mass is 16.5. The van der Waals surface area contributed by atoms with Crippen LogP contribution in [0.15, 0.2) is 41.7 Å². The Bertz CT molecular complexity index is 510. The normalized spacial score (nSPS) is 10.1. The van der Waals surface area contributed by atoms with E-state index in [9.17, 15) is 4.79 Å². The average Bonchev–Trinajstić information content (AvgIpc) is 2.36. The highest BCUT2D eigenvalue weighted by Crippen LogP contribution is 2.03. The van der Waals surface area contributed by atoms with Gasteiger partial charge in [-0.3, -0.25) is 9.78 Å². The molecule has 0 aliphatic carbocycles. The zero-order valence-electron chi connectivity index (χ0n) is 9.30. The molecule has 0 fully saturated rings. The Morgan fingerprint density at radius 1 is 1.29 bits per heavy atom. The highest BCUT2D eigenvalue weighted by Gasteiger charge is 1.96. The van der Waals surface area contributed by atoms with E-state index < -0.39 is 0 Å². The first kappa shape index (κ1) is 11.3. The lowest BCUT2D eigenvalue weighted by Crippen LogP contribution is -2.07. The number of hydrogen-bond donors (Lipinski definition) is 1. The minimum absolute atomic E-state index is 0.205. The van der Waals surface area contributed by atoms with Gasteiger partial charge in [-0.2, -0.15) is 0 Å². The van der Waals surface area contributed by atoms with Crippen molar-refractivity contribution in [3.05, 3.63) is 52.8 Å². The van der Waals surface area contributed by atoms with Crippen LogP contribution in [0.2, 0.25) is 0 Å². The molecule has 17 heavy (non-hydrogen) atoms. The molecule has 0 aliphatic heterocycles. The summed E-state index contributed by atoms with van der Waals surface area (Å²) >= 11 is 0. The van der Waals surface area contributed by atoms with Crippen LogP contribution in [0.4, 0.5) is 0 Å². The predicted octanol–water partition coefficient (Wildman–Crippen LogP) is 1.18. The van der Waals surface area contributed by atoms with Gasteiger partial charge in [-0.05, 0) is 30.5 Å². The maximum absolute atomic E-state index is 11.0. The first-order valence-corrected chi connectivity index (χ1v) is 5.41. The molecular weight excluding hydrogens is 218 g/mol. The van der Waals surface area contributed by atoms with Gasteiger partial charge in [-0.1, -0.05) is 0 Å². The number of rotatable bonds is 5. The van der Waals surface area contributed by atoms with E-state index in [1.807, 2.05) is 12.1 Å². The zero-order chi connectivity index (χ0) is 11.9. The summed E-state index contributed by atoms with van der Waals surface area (Å²) in [5, 5.41) is 0. The van der Waals surface area contributed by atoms with Gasteiger partial charge in [0, 0.05) is 12.4 Å². The van der Waals surface area contributed by atoms with Crippen LogP contribution >= 0.6 is 0 Å². The molecule has 1 N–H and O–H groups in total. The lowest BCUT2D eigenvalue weighted by atomic mass is 10.1. The molecule has 2 rings (SSSR count). The fourth-order valence-corrected chi connectivity index (χ4v) is 1.43. The zero-order valence-corrected chi connectivity index (χ0v) is 9.30. The van der Waals surface area contributed by atoms with Gasteiger partial charge in [0.2, 0.25) is 5.88 Å². The Morgan fingerprint density at radius 2 is 2.12 bits per heavy atom. The van der Waals surface area contributed by atoms with Crippen molar-refractivity contribution in [1.82, 2.24) is 15.0 Å². The highest BCUT2D eigenvalue weighted by molar-refractivity contribution is 5.09. The Balaban J connectivity index is 1.75. The number of aryl methyl sites for hydroxylation is 1. The van der Waals surface area contributed by atoms with E-state index in [2.05, 4.69) is 15.0 Å². The summed E-state index contributed by atoms with van der Waals surface area (Å²) in [4.78, 5) is 21.2. The molecule has 2 aromatic heterocycles. The molecular formula is C12H13N3O2. The van der Waals surface area contributed by atoms with Crippen molar-refractivity contribution in [2.75, 3.05) is 6.61 Å². The van der Waals surface area contributed by atoms with Crippen LogP contribution in [0.3, 0.4) is 0 Å². The predicted molar refractivity (Wildman–Crippen MR) is 62.9 cm³/mol. The number of ether oxygens (including phenoxy) is 1. The summed E-state index contributed by atoms with van der Waals surface area (Å²) in [6.07, 6.45) is 6.67. The molecule has 5 heteroatoms. The van der Waals surface area contributed by atoms with Gasteiger partial charge in [0.15, 0.2) is 0 Å². The second kappa shape index (κ2) is 5.79. The van der Waals surface area contributed by atoms with Crippen molar-refractivity contribution < 1.29 is 4.74 Å². The number of nitrogens with one attached hydrogen (secondary N) is 1. The second-order valence-corrected chi connectivity index (χ2v) is 3.56. The van der Waals surface area contributed by atoms with E-state index in [1.165, 1.54) is 18.0 Å². The molecule has 2 heterocycles. The largest absolute Gasteiger partial charge is 0.477 e. The Labute approximate surface area is 98.5 Å². The molecule has 2 aromatic rings. The van der Waals surface area contributed by atoms with Crippen LogP contribution in [0.1, 0.15) is 12.0 Å². The summed E-state index contributed by atoms with van der Waals surface area (Å²) in [6.45, 7) is 0.540. The van der Waals surface area contributed by atoms with Crippen molar-refractivity contribution in [3.63, 3.8) is 0 Å². The van der Waals surface area contributed by atoms with Crippen LogP contribution in [-0.2, 0) is 6.42 Å². The maximum Gasteiger partial charge on any atom is 0.254 e. The first-order chi connectivity index (χ1) is 8.34. The third-order valence-electron chi connectivity index (χ3n) is 2.26.